The number of aryl methyl sites for hydroxylation is 1. The number of anilines is 1. The smallest absolute Gasteiger partial charge is 0.244 e. The van der Waals surface area contributed by atoms with Gasteiger partial charge in [0.25, 0.3) is 0 Å². The molecule has 0 radical (unpaired) electrons. The van der Waals surface area contributed by atoms with Crippen molar-refractivity contribution >= 4 is 27.5 Å². The van der Waals surface area contributed by atoms with Crippen molar-refractivity contribution in [1.82, 2.24) is 10.2 Å². The number of carbonyl (C=O) groups excluding carboxylic acids is 2. The highest BCUT2D eigenvalue weighted by Crippen LogP contribution is 2.31. The number of benzene rings is 2. The first kappa shape index (κ1) is 27.2. The van der Waals surface area contributed by atoms with Crippen LogP contribution in [0, 0.1) is 6.92 Å². The van der Waals surface area contributed by atoms with E-state index in [0.29, 0.717) is 12.2 Å². The first-order valence-corrected chi connectivity index (χ1v) is 13.1. The third-order valence-corrected chi connectivity index (χ3v) is 6.42. The summed E-state index contributed by atoms with van der Waals surface area (Å²) in [4.78, 5) is 28.1. The van der Waals surface area contributed by atoms with E-state index in [0.717, 1.165) is 21.7 Å². The number of rotatable bonds is 11. The molecule has 2 amide bonds. The van der Waals surface area contributed by atoms with Gasteiger partial charge in [-0.25, -0.2) is 8.42 Å². The standard InChI is InChI=1S/C25H35N3O5S/c1-7-21(25(30)26-18(2)3)27(16-20-11-9-8-10-12-20)24(29)17-28(34(6,31)32)22-15-19(4)13-14-23(22)33-5/h8-15,18,21H,7,16-17H2,1-6H3,(H,26,30)/t21-/m0/s1. The van der Waals surface area contributed by atoms with Crippen LogP contribution in [0.5, 0.6) is 5.75 Å². The molecule has 1 atom stereocenters. The van der Waals surface area contributed by atoms with Gasteiger partial charge in [-0.05, 0) is 50.5 Å². The van der Waals surface area contributed by atoms with Crippen LogP contribution in [0.15, 0.2) is 48.5 Å². The van der Waals surface area contributed by atoms with Crippen LogP contribution >= 0.6 is 0 Å². The highest BCUT2D eigenvalue weighted by Gasteiger charge is 2.32. The number of nitrogens with one attached hydrogen (secondary N) is 1. The van der Waals surface area contributed by atoms with Crippen molar-refractivity contribution < 1.29 is 22.7 Å². The van der Waals surface area contributed by atoms with Crippen molar-refractivity contribution in [1.29, 1.82) is 0 Å². The third-order valence-electron chi connectivity index (χ3n) is 5.29. The summed E-state index contributed by atoms with van der Waals surface area (Å²) >= 11 is 0. The molecule has 0 saturated heterocycles. The molecule has 0 heterocycles. The van der Waals surface area contributed by atoms with E-state index in [1.807, 2.05) is 58.0 Å². The van der Waals surface area contributed by atoms with Crippen LogP contribution in [-0.2, 0) is 26.2 Å². The van der Waals surface area contributed by atoms with Crippen LogP contribution in [0.4, 0.5) is 5.69 Å². The van der Waals surface area contributed by atoms with Crippen molar-refractivity contribution in [3.05, 3.63) is 59.7 Å². The minimum absolute atomic E-state index is 0.0979. The molecule has 0 aliphatic carbocycles. The zero-order valence-electron chi connectivity index (χ0n) is 20.7. The number of sulfonamides is 1. The first-order chi connectivity index (χ1) is 16.0. The topological polar surface area (TPSA) is 96.0 Å². The molecule has 2 rings (SSSR count). The van der Waals surface area contributed by atoms with Gasteiger partial charge in [-0.15, -0.1) is 0 Å². The Hall–Kier alpha value is -3.07. The molecule has 2 aromatic rings. The number of carbonyl (C=O) groups is 2. The van der Waals surface area contributed by atoms with Crippen molar-refractivity contribution in [3.63, 3.8) is 0 Å². The number of methoxy groups -OCH3 is 1. The van der Waals surface area contributed by atoms with E-state index in [4.69, 9.17) is 4.74 Å². The summed E-state index contributed by atoms with van der Waals surface area (Å²) in [6.07, 6.45) is 1.43. The van der Waals surface area contributed by atoms with Gasteiger partial charge in [0.05, 0.1) is 19.1 Å². The molecule has 0 saturated carbocycles. The van der Waals surface area contributed by atoms with E-state index in [1.54, 1.807) is 18.2 Å². The fourth-order valence-corrected chi connectivity index (χ4v) is 4.51. The first-order valence-electron chi connectivity index (χ1n) is 11.2. The predicted octanol–water partition coefficient (Wildman–Crippen LogP) is 3.10. The Morgan fingerprint density at radius 2 is 1.74 bits per heavy atom. The fourth-order valence-electron chi connectivity index (χ4n) is 3.67. The average Bonchev–Trinajstić information content (AvgIpc) is 2.76. The van der Waals surface area contributed by atoms with Crippen molar-refractivity contribution in [2.45, 2.75) is 52.7 Å². The maximum absolute atomic E-state index is 13.7. The summed E-state index contributed by atoms with van der Waals surface area (Å²) in [6.45, 7) is 7.07. The van der Waals surface area contributed by atoms with E-state index in [-0.39, 0.29) is 24.2 Å². The lowest BCUT2D eigenvalue weighted by molar-refractivity contribution is -0.140. The molecule has 0 aromatic heterocycles. The Kier molecular flexibility index (Phi) is 9.49. The second kappa shape index (κ2) is 11.9. The van der Waals surface area contributed by atoms with Crippen LogP contribution in [0.25, 0.3) is 0 Å². The lowest BCUT2D eigenvalue weighted by Gasteiger charge is -2.33. The van der Waals surface area contributed by atoms with E-state index in [2.05, 4.69) is 5.32 Å². The fraction of sp³-hybridized carbons (Fsp3) is 0.440. The molecule has 0 fully saturated rings. The van der Waals surface area contributed by atoms with Crippen LogP contribution in [-0.4, -0.2) is 57.1 Å². The van der Waals surface area contributed by atoms with Gasteiger partial charge in [0, 0.05) is 12.6 Å². The molecule has 2 aromatic carbocycles. The molecular formula is C25H35N3O5S. The lowest BCUT2D eigenvalue weighted by Crippen LogP contribution is -2.53. The second-order valence-electron chi connectivity index (χ2n) is 8.54. The normalized spacial score (nSPS) is 12.2. The van der Waals surface area contributed by atoms with Gasteiger partial charge in [-0.3, -0.25) is 13.9 Å². The monoisotopic (exact) mass is 489 g/mol. The summed E-state index contributed by atoms with van der Waals surface area (Å²) < 4.78 is 31.9. The highest BCUT2D eigenvalue weighted by molar-refractivity contribution is 7.92. The number of amides is 2. The quantitative estimate of drug-likeness (QED) is 0.523. The van der Waals surface area contributed by atoms with E-state index in [9.17, 15) is 18.0 Å². The van der Waals surface area contributed by atoms with Gasteiger partial charge in [0.15, 0.2) is 0 Å². The van der Waals surface area contributed by atoms with Gasteiger partial charge in [-0.2, -0.15) is 0 Å². The van der Waals surface area contributed by atoms with Gasteiger partial charge < -0.3 is 15.0 Å². The Labute approximate surface area is 202 Å². The van der Waals surface area contributed by atoms with Crippen molar-refractivity contribution in [2.75, 3.05) is 24.2 Å². The Balaban J connectivity index is 2.49. The summed E-state index contributed by atoms with van der Waals surface area (Å²) in [6, 6.07) is 13.6. The molecular weight excluding hydrogens is 454 g/mol. The number of hydrogen-bond acceptors (Lipinski definition) is 5. The SMILES string of the molecule is CC[C@@H](C(=O)NC(C)C)N(Cc1ccccc1)C(=O)CN(c1cc(C)ccc1OC)S(C)(=O)=O. The number of ether oxygens (including phenoxy) is 1. The summed E-state index contributed by atoms with van der Waals surface area (Å²) in [7, 11) is -2.39. The Morgan fingerprint density at radius 1 is 1.09 bits per heavy atom. The molecule has 0 aliphatic rings. The number of hydrogen-bond donors (Lipinski definition) is 1. The summed E-state index contributed by atoms with van der Waals surface area (Å²) in [5.41, 5.74) is 1.93. The average molecular weight is 490 g/mol. The Morgan fingerprint density at radius 3 is 2.26 bits per heavy atom. The van der Waals surface area contributed by atoms with Crippen molar-refractivity contribution in [3.8, 4) is 5.75 Å². The molecule has 1 N–H and O–H groups in total. The van der Waals surface area contributed by atoms with Crippen LogP contribution in [0.2, 0.25) is 0 Å². The molecule has 0 aliphatic heterocycles. The summed E-state index contributed by atoms with van der Waals surface area (Å²) in [5, 5.41) is 2.87. The van der Waals surface area contributed by atoms with Gasteiger partial charge >= 0.3 is 0 Å². The van der Waals surface area contributed by atoms with Gasteiger partial charge in [-0.1, -0.05) is 43.3 Å². The Bertz CT molecular complexity index is 1090. The van der Waals surface area contributed by atoms with E-state index in [1.165, 1.54) is 12.0 Å². The van der Waals surface area contributed by atoms with Crippen LogP contribution in [0.1, 0.15) is 38.3 Å². The molecule has 0 spiro atoms. The van der Waals surface area contributed by atoms with Crippen LogP contribution in [0.3, 0.4) is 0 Å². The number of nitrogens with zero attached hydrogens (tertiary/aromatic N) is 2. The molecule has 34 heavy (non-hydrogen) atoms. The zero-order chi connectivity index (χ0) is 25.5. The van der Waals surface area contributed by atoms with E-state index >= 15 is 0 Å². The van der Waals surface area contributed by atoms with Gasteiger partial charge in [0.1, 0.15) is 18.3 Å². The second-order valence-corrected chi connectivity index (χ2v) is 10.4. The minimum Gasteiger partial charge on any atom is -0.495 e. The summed E-state index contributed by atoms with van der Waals surface area (Å²) in [5.74, 6) is -0.424. The third kappa shape index (κ3) is 7.21. The lowest BCUT2D eigenvalue weighted by atomic mass is 10.1. The molecule has 0 bridgehead atoms. The van der Waals surface area contributed by atoms with Crippen LogP contribution < -0.4 is 14.4 Å². The molecule has 9 heteroatoms. The maximum Gasteiger partial charge on any atom is 0.244 e. The van der Waals surface area contributed by atoms with Crippen molar-refractivity contribution in [2.24, 2.45) is 0 Å². The predicted molar refractivity (Wildman–Crippen MR) is 134 cm³/mol. The van der Waals surface area contributed by atoms with E-state index < -0.39 is 28.5 Å². The minimum atomic E-state index is -3.84. The molecule has 0 unspecified atom stereocenters. The highest BCUT2D eigenvalue weighted by atomic mass is 32.2. The van der Waals surface area contributed by atoms with Gasteiger partial charge in [0.2, 0.25) is 21.8 Å². The molecule has 186 valence electrons. The largest absolute Gasteiger partial charge is 0.495 e. The molecule has 8 nitrogen and oxygen atoms in total. The zero-order valence-corrected chi connectivity index (χ0v) is 21.6. The maximum atomic E-state index is 13.7.